The first kappa shape index (κ1) is 11.5. The van der Waals surface area contributed by atoms with Gasteiger partial charge in [0, 0.05) is 27.6 Å². The molecule has 0 aliphatic carbocycles. The molecule has 0 spiro atoms. The average Bonchev–Trinajstić information content (AvgIpc) is 2.60. The van der Waals surface area contributed by atoms with Gasteiger partial charge < -0.3 is 10.7 Å². The van der Waals surface area contributed by atoms with Gasteiger partial charge in [0.25, 0.3) is 0 Å². The van der Waals surface area contributed by atoms with Crippen LogP contribution >= 0.6 is 15.9 Å². The Labute approximate surface area is 100.0 Å². The van der Waals surface area contributed by atoms with E-state index in [1.807, 2.05) is 18.2 Å². The topological polar surface area (TPSA) is 41.8 Å². The van der Waals surface area contributed by atoms with Crippen LogP contribution in [0.15, 0.2) is 28.7 Å². The molecule has 2 nitrogen and oxygen atoms in total. The van der Waals surface area contributed by atoms with Crippen LogP contribution in [0.5, 0.6) is 0 Å². The van der Waals surface area contributed by atoms with Crippen molar-refractivity contribution in [3.05, 3.63) is 34.4 Å². The molecule has 0 aliphatic rings. The lowest BCUT2D eigenvalue weighted by atomic mass is 10.1. The lowest BCUT2D eigenvalue weighted by molar-refractivity contribution is 0.115. The third kappa shape index (κ3) is 2.10. The molecule has 1 unspecified atom stereocenters. The van der Waals surface area contributed by atoms with Gasteiger partial charge in [-0.05, 0) is 24.3 Å². The molecule has 86 valence electrons. The first-order valence-corrected chi connectivity index (χ1v) is 5.67. The van der Waals surface area contributed by atoms with Crippen molar-refractivity contribution in [1.82, 2.24) is 4.98 Å². The Hall–Kier alpha value is -0.940. The van der Waals surface area contributed by atoms with Gasteiger partial charge in [-0.15, -0.1) is 0 Å². The van der Waals surface area contributed by atoms with Crippen LogP contribution in [0.25, 0.3) is 10.9 Å². The Morgan fingerprint density at radius 3 is 2.69 bits per heavy atom. The highest BCUT2D eigenvalue weighted by molar-refractivity contribution is 9.10. The van der Waals surface area contributed by atoms with Crippen molar-refractivity contribution in [1.29, 1.82) is 0 Å². The fourth-order valence-electron chi connectivity index (χ4n) is 1.69. The molecule has 0 fully saturated rings. The van der Waals surface area contributed by atoms with Crippen LogP contribution in [0.1, 0.15) is 11.6 Å². The molecule has 3 N–H and O–H groups in total. The fraction of sp³-hybridized carbons (Fsp3) is 0.273. The Morgan fingerprint density at radius 1 is 1.31 bits per heavy atom. The number of nitrogens with two attached hydrogens (primary N) is 1. The van der Waals surface area contributed by atoms with E-state index in [-0.39, 0.29) is 6.54 Å². The van der Waals surface area contributed by atoms with Crippen molar-refractivity contribution in [3.63, 3.8) is 0 Å². The summed E-state index contributed by atoms with van der Waals surface area (Å²) < 4.78 is 26.3. The first-order valence-electron chi connectivity index (χ1n) is 4.88. The molecule has 16 heavy (non-hydrogen) atoms. The number of alkyl halides is 2. The lowest BCUT2D eigenvalue weighted by Crippen LogP contribution is -2.19. The molecule has 0 bridgehead atoms. The van der Waals surface area contributed by atoms with Crippen molar-refractivity contribution in [2.75, 3.05) is 6.54 Å². The zero-order chi connectivity index (χ0) is 11.7. The number of H-pyrrole nitrogens is 1. The number of aromatic amines is 1. The number of hydrogen-bond acceptors (Lipinski definition) is 1. The van der Waals surface area contributed by atoms with E-state index in [9.17, 15) is 8.78 Å². The summed E-state index contributed by atoms with van der Waals surface area (Å²) >= 11 is 3.34. The van der Waals surface area contributed by atoms with E-state index in [2.05, 4.69) is 20.9 Å². The molecule has 1 atom stereocenters. The fourth-order valence-corrected chi connectivity index (χ4v) is 2.07. The smallest absolute Gasteiger partial charge is 0.248 e. The molecular weight excluding hydrogens is 278 g/mol. The number of rotatable bonds is 3. The van der Waals surface area contributed by atoms with E-state index in [1.54, 1.807) is 6.07 Å². The monoisotopic (exact) mass is 288 g/mol. The molecule has 2 aromatic rings. The Morgan fingerprint density at radius 2 is 2.06 bits per heavy atom. The molecule has 0 amide bonds. The number of benzene rings is 1. The van der Waals surface area contributed by atoms with Gasteiger partial charge in [0.2, 0.25) is 6.43 Å². The highest BCUT2D eigenvalue weighted by Gasteiger charge is 2.22. The zero-order valence-electron chi connectivity index (χ0n) is 8.38. The number of halogens is 3. The molecule has 5 heteroatoms. The molecule has 0 radical (unpaired) electrons. The molecule has 0 saturated heterocycles. The Kier molecular flexibility index (Phi) is 3.25. The molecule has 1 aromatic heterocycles. The SMILES string of the molecule is NCC(c1cc2cc(Br)ccc2[nH]1)C(F)F. The third-order valence-corrected chi connectivity index (χ3v) is 3.05. The highest BCUT2D eigenvalue weighted by Crippen LogP contribution is 2.27. The van der Waals surface area contributed by atoms with Crippen molar-refractivity contribution in [2.45, 2.75) is 12.3 Å². The van der Waals surface area contributed by atoms with Gasteiger partial charge in [-0.2, -0.15) is 0 Å². The molecule has 1 aromatic carbocycles. The van der Waals surface area contributed by atoms with Crippen LogP contribution in [-0.2, 0) is 0 Å². The molecular formula is C11H11BrF2N2. The van der Waals surface area contributed by atoms with E-state index in [1.165, 1.54) is 0 Å². The highest BCUT2D eigenvalue weighted by atomic mass is 79.9. The number of fused-ring (bicyclic) bond motifs is 1. The second-order valence-electron chi connectivity index (χ2n) is 3.63. The largest absolute Gasteiger partial charge is 0.358 e. The summed E-state index contributed by atoms with van der Waals surface area (Å²) in [4.78, 5) is 2.97. The van der Waals surface area contributed by atoms with Gasteiger partial charge >= 0.3 is 0 Å². The van der Waals surface area contributed by atoms with Crippen molar-refractivity contribution in [3.8, 4) is 0 Å². The van der Waals surface area contributed by atoms with Crippen LogP contribution in [0.3, 0.4) is 0 Å². The van der Waals surface area contributed by atoms with Gasteiger partial charge in [-0.3, -0.25) is 0 Å². The standard InChI is InChI=1S/C11H11BrF2N2/c12-7-1-2-9-6(3-7)4-10(16-9)8(5-15)11(13)14/h1-4,8,11,16H,5,15H2. The maximum atomic E-state index is 12.7. The van der Waals surface area contributed by atoms with Crippen LogP contribution in [0.2, 0.25) is 0 Å². The minimum absolute atomic E-state index is 0.0638. The second-order valence-corrected chi connectivity index (χ2v) is 4.55. The van der Waals surface area contributed by atoms with Gasteiger partial charge in [0.05, 0.1) is 5.92 Å². The van der Waals surface area contributed by atoms with E-state index >= 15 is 0 Å². The maximum absolute atomic E-state index is 12.7. The number of nitrogens with one attached hydrogen (secondary N) is 1. The molecule has 1 heterocycles. The van der Waals surface area contributed by atoms with Gasteiger partial charge in [-0.1, -0.05) is 15.9 Å². The normalized spacial score (nSPS) is 13.6. The summed E-state index contributed by atoms with van der Waals surface area (Å²) in [5.41, 5.74) is 6.68. The van der Waals surface area contributed by atoms with Gasteiger partial charge in [-0.25, -0.2) is 8.78 Å². The zero-order valence-corrected chi connectivity index (χ0v) is 9.97. The molecule has 0 aliphatic heterocycles. The minimum atomic E-state index is -2.44. The lowest BCUT2D eigenvalue weighted by Gasteiger charge is -2.10. The van der Waals surface area contributed by atoms with E-state index in [0.717, 1.165) is 15.4 Å². The van der Waals surface area contributed by atoms with E-state index in [4.69, 9.17) is 5.73 Å². The summed E-state index contributed by atoms with van der Waals surface area (Å²) in [6.45, 7) is -0.0638. The summed E-state index contributed by atoms with van der Waals surface area (Å²) in [5, 5.41) is 0.906. The third-order valence-electron chi connectivity index (χ3n) is 2.56. The van der Waals surface area contributed by atoms with Crippen LogP contribution in [0.4, 0.5) is 8.78 Å². The van der Waals surface area contributed by atoms with Gasteiger partial charge in [0.15, 0.2) is 0 Å². The average molecular weight is 289 g/mol. The van der Waals surface area contributed by atoms with Crippen molar-refractivity contribution in [2.24, 2.45) is 5.73 Å². The van der Waals surface area contributed by atoms with Crippen LogP contribution in [0, 0.1) is 0 Å². The predicted molar refractivity (Wildman–Crippen MR) is 63.8 cm³/mol. The summed E-state index contributed by atoms with van der Waals surface area (Å²) in [6, 6.07) is 7.32. The van der Waals surface area contributed by atoms with Crippen LogP contribution < -0.4 is 5.73 Å². The molecule has 2 rings (SSSR count). The quantitative estimate of drug-likeness (QED) is 0.895. The number of hydrogen-bond donors (Lipinski definition) is 2. The van der Waals surface area contributed by atoms with Crippen molar-refractivity contribution >= 4 is 26.8 Å². The maximum Gasteiger partial charge on any atom is 0.248 e. The van der Waals surface area contributed by atoms with Crippen LogP contribution in [-0.4, -0.2) is 18.0 Å². The predicted octanol–water partition coefficient (Wildman–Crippen LogP) is 3.24. The summed E-state index contributed by atoms with van der Waals surface area (Å²) in [5.74, 6) is -0.925. The Balaban J connectivity index is 2.45. The molecule has 0 saturated carbocycles. The number of aromatic nitrogens is 1. The van der Waals surface area contributed by atoms with E-state index < -0.39 is 12.3 Å². The summed E-state index contributed by atoms with van der Waals surface area (Å²) in [6.07, 6.45) is -2.44. The summed E-state index contributed by atoms with van der Waals surface area (Å²) in [7, 11) is 0. The first-order chi connectivity index (χ1) is 7.61. The van der Waals surface area contributed by atoms with Gasteiger partial charge in [0.1, 0.15) is 0 Å². The minimum Gasteiger partial charge on any atom is -0.358 e. The Bertz CT molecular complexity index is 496. The van der Waals surface area contributed by atoms with E-state index in [0.29, 0.717) is 5.69 Å². The van der Waals surface area contributed by atoms with Crippen molar-refractivity contribution < 1.29 is 8.78 Å². The second kappa shape index (κ2) is 4.51.